The Morgan fingerprint density at radius 2 is 1.69 bits per heavy atom. The number of rotatable bonds is 8. The summed E-state index contributed by atoms with van der Waals surface area (Å²) in [4.78, 5) is 52.4. The molecule has 2 aliphatic heterocycles. The van der Waals surface area contributed by atoms with Gasteiger partial charge in [0.05, 0.1) is 12.7 Å². The molecule has 0 radical (unpaired) electrons. The minimum Gasteiger partial charge on any atom is -0.388 e. The van der Waals surface area contributed by atoms with Crippen LogP contribution in [0.3, 0.4) is 0 Å². The van der Waals surface area contributed by atoms with Crippen LogP contribution in [0.5, 0.6) is 0 Å². The van der Waals surface area contributed by atoms with Gasteiger partial charge < -0.3 is 49.3 Å². The molecule has 35 heavy (non-hydrogen) atoms. The van der Waals surface area contributed by atoms with Crippen LogP contribution in [0, 0.1) is 0 Å². The van der Waals surface area contributed by atoms with Gasteiger partial charge in [0.15, 0.2) is 12.5 Å². The Morgan fingerprint density at radius 1 is 1.03 bits per heavy atom. The van der Waals surface area contributed by atoms with Gasteiger partial charge in [0.25, 0.3) is 5.56 Å². The molecule has 1 aromatic heterocycles. The largest absolute Gasteiger partial charge is 0.481 e. The quantitative estimate of drug-likeness (QED) is 0.144. The maximum absolute atomic E-state index is 12.2. The highest BCUT2D eigenvalue weighted by atomic mass is 31.3. The average Bonchev–Trinajstić information content (AvgIpc) is 3.02. The smallest absolute Gasteiger partial charge is 0.388 e. The van der Waals surface area contributed by atoms with Crippen molar-refractivity contribution < 1.29 is 67.3 Å². The fourth-order valence-electron chi connectivity index (χ4n) is 3.49. The van der Waals surface area contributed by atoms with Crippen molar-refractivity contribution in [3.8, 4) is 0 Å². The molecule has 0 aliphatic carbocycles. The second-order valence-electron chi connectivity index (χ2n) is 7.69. The van der Waals surface area contributed by atoms with Crippen molar-refractivity contribution in [3.05, 3.63) is 33.1 Å². The monoisotopic (exact) mass is 550 g/mol. The molecule has 0 amide bonds. The number of phosphoric ester groups is 1. The SMILES string of the molecule is C[C@H]1OC(O[C@H]2[C@@H](O)[C@H](n3ccc(=O)[nH]c3=O)O[C@@H]2COP(=O)(O)OP(=O)(O)O)[C@H](O)[C@@H](O)[C@@H]1O. The lowest BCUT2D eigenvalue weighted by Crippen LogP contribution is -2.59. The van der Waals surface area contributed by atoms with Crippen LogP contribution in [-0.2, 0) is 32.2 Å². The number of ether oxygens (including phenoxy) is 3. The Hall–Kier alpha value is -1.34. The first-order chi connectivity index (χ1) is 16.1. The number of aliphatic hydroxyl groups is 4. The van der Waals surface area contributed by atoms with E-state index in [0.717, 1.165) is 16.8 Å². The Labute approximate surface area is 195 Å². The van der Waals surface area contributed by atoms with Crippen LogP contribution in [0.4, 0.5) is 0 Å². The molecule has 1 aromatic rings. The number of aliphatic hydroxyl groups excluding tert-OH is 4. The second kappa shape index (κ2) is 10.6. The van der Waals surface area contributed by atoms with Crippen molar-refractivity contribution in [1.82, 2.24) is 9.55 Å². The van der Waals surface area contributed by atoms with Crippen molar-refractivity contribution in [2.24, 2.45) is 0 Å². The van der Waals surface area contributed by atoms with E-state index in [1.807, 2.05) is 4.98 Å². The molecule has 0 spiro atoms. The van der Waals surface area contributed by atoms with Crippen LogP contribution in [0.25, 0.3) is 0 Å². The van der Waals surface area contributed by atoms with Crippen LogP contribution in [0.1, 0.15) is 13.2 Å². The van der Waals surface area contributed by atoms with Gasteiger partial charge in [0.2, 0.25) is 0 Å². The van der Waals surface area contributed by atoms with Gasteiger partial charge in [-0.15, -0.1) is 0 Å². The maximum Gasteiger partial charge on any atom is 0.481 e. The first kappa shape index (κ1) is 28.2. The Bertz CT molecular complexity index is 1100. The zero-order valence-corrected chi connectivity index (χ0v) is 19.5. The zero-order chi connectivity index (χ0) is 26.3. The zero-order valence-electron chi connectivity index (χ0n) is 17.7. The van der Waals surface area contributed by atoms with E-state index in [9.17, 15) is 44.0 Å². The molecule has 2 aliphatic rings. The van der Waals surface area contributed by atoms with Gasteiger partial charge in [-0.05, 0) is 6.92 Å². The number of nitrogens with one attached hydrogen (secondary N) is 1. The van der Waals surface area contributed by atoms with Crippen LogP contribution in [-0.4, -0.2) is 100 Å². The number of aromatic amines is 1. The van der Waals surface area contributed by atoms with Crippen molar-refractivity contribution >= 4 is 15.6 Å². The highest BCUT2D eigenvalue weighted by Gasteiger charge is 2.51. The molecule has 2 unspecified atom stereocenters. The third-order valence-corrected chi connectivity index (χ3v) is 7.30. The Balaban J connectivity index is 1.86. The average molecular weight is 550 g/mol. The van der Waals surface area contributed by atoms with Crippen LogP contribution in [0.15, 0.2) is 21.9 Å². The summed E-state index contributed by atoms with van der Waals surface area (Å²) in [6.07, 6.45) is -13.3. The van der Waals surface area contributed by atoms with Gasteiger partial charge in [-0.2, -0.15) is 4.31 Å². The molecule has 8 N–H and O–H groups in total. The minimum atomic E-state index is -5.45. The predicted molar refractivity (Wildman–Crippen MR) is 107 cm³/mol. The summed E-state index contributed by atoms with van der Waals surface area (Å²) in [5.41, 5.74) is -1.77. The normalized spacial score (nSPS) is 37.8. The number of hydrogen-bond donors (Lipinski definition) is 8. The summed E-state index contributed by atoms with van der Waals surface area (Å²) in [5.74, 6) is 0. The maximum atomic E-state index is 12.2. The molecule has 0 aromatic carbocycles. The molecule has 0 saturated carbocycles. The van der Waals surface area contributed by atoms with Gasteiger partial charge in [0.1, 0.15) is 36.6 Å². The van der Waals surface area contributed by atoms with Gasteiger partial charge in [-0.3, -0.25) is 18.9 Å². The van der Waals surface area contributed by atoms with Crippen LogP contribution >= 0.6 is 15.6 Å². The van der Waals surface area contributed by atoms with Gasteiger partial charge in [-0.25, -0.2) is 13.9 Å². The van der Waals surface area contributed by atoms with E-state index in [0.29, 0.717) is 0 Å². The molecular formula is C15H24N2O16P2. The third-order valence-electron chi connectivity index (χ3n) is 5.15. The third kappa shape index (κ3) is 6.71. The van der Waals surface area contributed by atoms with Crippen molar-refractivity contribution in [1.29, 1.82) is 0 Å². The van der Waals surface area contributed by atoms with Crippen LogP contribution in [0.2, 0.25) is 0 Å². The molecule has 0 bridgehead atoms. The molecule has 3 rings (SSSR count). The lowest BCUT2D eigenvalue weighted by Gasteiger charge is -2.40. The standard InChI is InChI=1S/C15H24N2O16P2/c1-5-8(19)9(20)10(21)14(30-5)32-12-6(4-29-35(27,28)33-34(24,25)26)31-13(11(12)22)17-3-2-7(18)16-15(17)23/h2-3,5-6,8-14,19-22H,4H2,1H3,(H,27,28)(H,16,18,23)(H2,24,25,26)/t5-,6-,8-,9+,10-,11-,12-,13-,14?/m1/s1. The fourth-order valence-corrected chi connectivity index (χ4v) is 5.08. The van der Waals surface area contributed by atoms with Gasteiger partial charge >= 0.3 is 21.3 Å². The second-order valence-corrected chi connectivity index (χ2v) is 10.5. The van der Waals surface area contributed by atoms with Crippen molar-refractivity contribution in [3.63, 3.8) is 0 Å². The summed E-state index contributed by atoms with van der Waals surface area (Å²) in [6.45, 7) is 0.343. The lowest BCUT2D eigenvalue weighted by molar-refractivity contribution is -0.311. The number of phosphoric acid groups is 2. The molecule has 200 valence electrons. The van der Waals surface area contributed by atoms with Crippen molar-refractivity contribution in [2.45, 2.75) is 62.2 Å². The molecule has 20 heteroatoms. The molecule has 2 saturated heterocycles. The molecule has 18 nitrogen and oxygen atoms in total. The lowest BCUT2D eigenvalue weighted by atomic mass is 10.00. The number of aromatic nitrogens is 2. The fraction of sp³-hybridized carbons (Fsp3) is 0.733. The first-order valence-corrected chi connectivity index (χ1v) is 12.9. The van der Waals surface area contributed by atoms with Gasteiger partial charge in [0, 0.05) is 12.3 Å². The van der Waals surface area contributed by atoms with E-state index < -0.39 is 88.7 Å². The van der Waals surface area contributed by atoms with E-state index in [2.05, 4.69) is 8.83 Å². The molecule has 10 atom stereocenters. The number of nitrogens with zero attached hydrogens (tertiary/aromatic N) is 1. The van der Waals surface area contributed by atoms with E-state index in [4.69, 9.17) is 24.0 Å². The summed E-state index contributed by atoms with van der Waals surface area (Å²) >= 11 is 0. The highest BCUT2D eigenvalue weighted by molar-refractivity contribution is 7.60. The van der Waals surface area contributed by atoms with E-state index >= 15 is 0 Å². The highest BCUT2D eigenvalue weighted by Crippen LogP contribution is 2.57. The number of H-pyrrole nitrogens is 1. The summed E-state index contributed by atoms with van der Waals surface area (Å²) < 4.78 is 47.9. The Morgan fingerprint density at radius 3 is 2.29 bits per heavy atom. The Kier molecular flexibility index (Phi) is 8.52. The summed E-state index contributed by atoms with van der Waals surface area (Å²) in [6, 6.07) is 0.931. The van der Waals surface area contributed by atoms with Gasteiger partial charge in [-0.1, -0.05) is 0 Å². The van der Waals surface area contributed by atoms with E-state index in [1.165, 1.54) is 6.92 Å². The summed E-state index contributed by atoms with van der Waals surface area (Å²) in [7, 11) is -10.8. The molecule has 3 heterocycles. The predicted octanol–water partition coefficient (Wildman–Crippen LogP) is -3.77. The topological polar surface area (TPSA) is 277 Å². The van der Waals surface area contributed by atoms with Crippen molar-refractivity contribution in [2.75, 3.05) is 6.61 Å². The minimum absolute atomic E-state index is 0.743. The molecule has 2 fully saturated rings. The van der Waals surface area contributed by atoms with Crippen LogP contribution < -0.4 is 11.2 Å². The number of hydrogen-bond acceptors (Lipinski definition) is 13. The molecular weight excluding hydrogens is 526 g/mol. The summed E-state index contributed by atoms with van der Waals surface area (Å²) in [5, 5.41) is 40.8. The first-order valence-electron chi connectivity index (χ1n) is 9.84. The van der Waals surface area contributed by atoms with E-state index in [-0.39, 0.29) is 0 Å². The van der Waals surface area contributed by atoms with E-state index in [1.54, 1.807) is 0 Å².